The summed E-state index contributed by atoms with van der Waals surface area (Å²) in [4.78, 5) is 34.1. The van der Waals surface area contributed by atoms with Crippen LogP contribution in [0.4, 0.5) is 11.4 Å². The van der Waals surface area contributed by atoms with Crippen molar-refractivity contribution in [2.45, 2.75) is 52.4 Å². The van der Waals surface area contributed by atoms with E-state index in [9.17, 15) is 9.59 Å². The van der Waals surface area contributed by atoms with Gasteiger partial charge < -0.3 is 20.2 Å². The summed E-state index contributed by atoms with van der Waals surface area (Å²) in [5, 5.41) is 8.66. The van der Waals surface area contributed by atoms with Gasteiger partial charge in [0.05, 0.1) is 21.4 Å². The molecule has 0 N–H and O–H groups in total. The van der Waals surface area contributed by atoms with E-state index >= 15 is 0 Å². The van der Waals surface area contributed by atoms with Crippen molar-refractivity contribution in [3.63, 3.8) is 0 Å². The third-order valence-electron chi connectivity index (χ3n) is 5.15. The molecular formula is C26H26AuCl2N4O2-2. The summed E-state index contributed by atoms with van der Waals surface area (Å²) in [5.41, 5.74) is 2.14. The number of amides is 2. The predicted molar refractivity (Wildman–Crippen MR) is 137 cm³/mol. The summed E-state index contributed by atoms with van der Waals surface area (Å²) < 4.78 is 0. The van der Waals surface area contributed by atoms with E-state index in [1.54, 1.807) is 24.5 Å². The molecule has 0 fully saturated rings. The van der Waals surface area contributed by atoms with Gasteiger partial charge in [0.2, 0.25) is 0 Å². The molecule has 6 nitrogen and oxygen atoms in total. The number of rotatable bonds is 4. The van der Waals surface area contributed by atoms with Gasteiger partial charge in [0.1, 0.15) is 11.8 Å². The Morgan fingerprint density at radius 1 is 0.686 bits per heavy atom. The molecule has 1 radical (unpaired) electrons. The van der Waals surface area contributed by atoms with Crippen molar-refractivity contribution < 1.29 is 32.0 Å². The van der Waals surface area contributed by atoms with Crippen molar-refractivity contribution in [3.8, 4) is 0 Å². The van der Waals surface area contributed by atoms with Crippen LogP contribution in [0.25, 0.3) is 10.6 Å². The van der Waals surface area contributed by atoms with Gasteiger partial charge in [-0.2, -0.15) is 0 Å². The summed E-state index contributed by atoms with van der Waals surface area (Å²) in [5.74, 6) is -1.16. The Hall–Kier alpha value is -2.22. The molecule has 35 heavy (non-hydrogen) atoms. The quantitative estimate of drug-likeness (QED) is 0.259. The molecule has 1 aromatic carbocycles. The molecule has 0 saturated carbocycles. The Kier molecular flexibility index (Phi) is 9.31. The Morgan fingerprint density at radius 3 is 1.34 bits per heavy atom. The van der Waals surface area contributed by atoms with Crippen LogP contribution in [0, 0.1) is 0 Å². The zero-order chi connectivity index (χ0) is 25.3. The average Bonchev–Trinajstić information content (AvgIpc) is 2.76. The molecule has 0 aliphatic heterocycles. The Bertz CT molecular complexity index is 1150. The molecule has 0 atom stereocenters. The van der Waals surface area contributed by atoms with Crippen molar-refractivity contribution in [1.29, 1.82) is 0 Å². The van der Waals surface area contributed by atoms with Gasteiger partial charge in [-0.15, -0.1) is 11.4 Å². The Balaban J connectivity index is 0.00000432. The molecule has 2 amide bonds. The van der Waals surface area contributed by atoms with Gasteiger partial charge in [-0.1, -0.05) is 76.9 Å². The SMILES string of the molecule is CC(C)(C)c1ccnc(C(=O)[N-]c2cc(Cl)c(Cl)cc2[N-]C(=O)c2cc(C(C)(C)C)ccn2)c1.[Au]. The van der Waals surface area contributed by atoms with Crippen LogP contribution < -0.4 is 0 Å². The van der Waals surface area contributed by atoms with Crippen LogP contribution in [0.15, 0.2) is 48.8 Å². The van der Waals surface area contributed by atoms with Gasteiger partial charge in [0.15, 0.2) is 0 Å². The fraction of sp³-hybridized carbons (Fsp3) is 0.308. The third kappa shape index (κ3) is 7.38. The molecule has 0 bridgehead atoms. The minimum atomic E-state index is -0.582. The smallest absolute Gasteiger partial charge is 0.104 e. The van der Waals surface area contributed by atoms with Crippen LogP contribution in [-0.2, 0) is 33.2 Å². The second-order valence-electron chi connectivity index (χ2n) is 9.95. The molecule has 3 rings (SSSR count). The van der Waals surface area contributed by atoms with E-state index in [2.05, 4.69) is 20.6 Å². The van der Waals surface area contributed by atoms with Crippen LogP contribution in [0.3, 0.4) is 0 Å². The molecule has 0 aliphatic carbocycles. The first-order valence-corrected chi connectivity index (χ1v) is 11.5. The summed E-state index contributed by atoms with van der Waals surface area (Å²) in [7, 11) is 0. The minimum absolute atomic E-state index is 0. The average molecular weight is 694 g/mol. The van der Waals surface area contributed by atoms with E-state index in [0.29, 0.717) is 0 Å². The van der Waals surface area contributed by atoms with E-state index < -0.39 is 11.8 Å². The fourth-order valence-electron chi connectivity index (χ4n) is 3.07. The van der Waals surface area contributed by atoms with Crippen molar-refractivity contribution in [3.05, 3.63) is 92.0 Å². The number of benzene rings is 1. The number of hydrogen-bond donors (Lipinski definition) is 0. The second kappa shape index (κ2) is 11.2. The summed E-state index contributed by atoms with van der Waals surface area (Å²) in [6, 6.07) is 9.92. The second-order valence-corrected chi connectivity index (χ2v) is 10.8. The molecule has 2 heterocycles. The molecule has 0 unspecified atom stereocenters. The van der Waals surface area contributed by atoms with Crippen LogP contribution in [0.2, 0.25) is 10.0 Å². The summed E-state index contributed by atoms with van der Waals surface area (Å²) in [6.07, 6.45) is 3.14. The molecule has 9 heteroatoms. The van der Waals surface area contributed by atoms with Crippen LogP contribution >= 0.6 is 23.2 Å². The van der Waals surface area contributed by atoms with Crippen LogP contribution in [0.1, 0.15) is 73.6 Å². The fourth-order valence-corrected chi connectivity index (χ4v) is 3.38. The van der Waals surface area contributed by atoms with Gasteiger partial charge in [0, 0.05) is 34.8 Å². The summed E-state index contributed by atoms with van der Waals surface area (Å²) >= 11 is 12.3. The maximum atomic E-state index is 12.9. The van der Waals surface area contributed by atoms with Gasteiger partial charge in [-0.05, 0) is 46.2 Å². The minimum Gasteiger partial charge on any atom is -0.622 e. The Labute approximate surface area is 231 Å². The topological polar surface area (TPSA) is 88.1 Å². The zero-order valence-electron chi connectivity index (χ0n) is 20.3. The van der Waals surface area contributed by atoms with Crippen molar-refractivity contribution in [1.82, 2.24) is 9.97 Å². The Morgan fingerprint density at radius 2 is 1.03 bits per heavy atom. The first-order valence-electron chi connectivity index (χ1n) is 10.7. The van der Waals surface area contributed by atoms with Gasteiger partial charge in [-0.3, -0.25) is 9.97 Å². The zero-order valence-corrected chi connectivity index (χ0v) is 24.0. The maximum absolute atomic E-state index is 12.9. The largest absolute Gasteiger partial charge is 0.622 e. The molecule has 2 aromatic heterocycles. The van der Waals surface area contributed by atoms with E-state index in [1.807, 2.05) is 53.7 Å². The van der Waals surface area contributed by atoms with Gasteiger partial charge >= 0.3 is 0 Å². The number of nitrogens with zero attached hydrogens (tertiary/aromatic N) is 4. The van der Waals surface area contributed by atoms with Gasteiger partial charge in [0.25, 0.3) is 0 Å². The monoisotopic (exact) mass is 693 g/mol. The molecule has 3 aromatic rings. The maximum Gasteiger partial charge on any atom is 0.104 e. The van der Waals surface area contributed by atoms with Crippen molar-refractivity contribution in [2.24, 2.45) is 0 Å². The number of carbonyl (C=O) groups is 2. The summed E-state index contributed by atoms with van der Waals surface area (Å²) in [6.45, 7) is 12.2. The van der Waals surface area contributed by atoms with Crippen LogP contribution in [-0.4, -0.2) is 21.8 Å². The third-order valence-corrected chi connectivity index (χ3v) is 5.87. The molecule has 189 valence electrons. The number of pyridine rings is 2. The number of aromatic nitrogens is 2. The number of hydrogen-bond acceptors (Lipinski definition) is 4. The molecule has 0 aliphatic rings. The van der Waals surface area contributed by atoms with E-state index in [-0.39, 0.29) is 66.0 Å². The molecule has 0 spiro atoms. The first kappa shape index (κ1) is 29.0. The number of halogens is 2. The van der Waals surface area contributed by atoms with Gasteiger partial charge in [-0.25, -0.2) is 0 Å². The number of carbonyl (C=O) groups excluding carboxylic acids is 2. The van der Waals surface area contributed by atoms with Crippen LogP contribution in [0.5, 0.6) is 0 Å². The van der Waals surface area contributed by atoms with Crippen molar-refractivity contribution in [2.75, 3.05) is 0 Å². The van der Waals surface area contributed by atoms with E-state index in [1.165, 1.54) is 12.1 Å². The van der Waals surface area contributed by atoms with E-state index in [4.69, 9.17) is 23.2 Å². The van der Waals surface area contributed by atoms with Crippen molar-refractivity contribution >= 4 is 46.4 Å². The first-order chi connectivity index (χ1) is 15.8. The normalized spacial score (nSPS) is 11.4. The molecule has 0 saturated heterocycles. The molecular weight excluding hydrogens is 668 g/mol. The standard InChI is InChI=1S/C26H28Cl2N4O2.Au/c1-25(2,3)15-7-9-29-21(11-15)23(33)31-19-13-17(27)18(28)14-20(19)32-24(34)22-12-16(8-10-30-22)26(4,5)6;/h7-14H,1-6H3,(H2,29,30,31,32,33,34);/p-2. The van der Waals surface area contributed by atoms with E-state index in [0.717, 1.165) is 11.1 Å². The predicted octanol–water partition coefficient (Wildman–Crippen LogP) is 8.07.